The lowest BCUT2D eigenvalue weighted by molar-refractivity contribution is 0.620. The molecule has 0 aliphatic heterocycles. The van der Waals surface area contributed by atoms with Crippen molar-refractivity contribution in [3.63, 3.8) is 0 Å². The second-order valence-electron chi connectivity index (χ2n) is 18.9. The third-order valence-electron chi connectivity index (χ3n) is 15.3. The molecule has 11 aromatic carbocycles. The Kier molecular flexibility index (Phi) is 8.57. The van der Waals surface area contributed by atoms with Crippen LogP contribution >= 0.6 is 0 Å². The maximum absolute atomic E-state index is 6.09. The third kappa shape index (κ3) is 5.81. The van der Waals surface area contributed by atoms with Gasteiger partial charge in [-0.05, 0) is 150 Å². The molecular weight excluding hydrogens is 861 g/mol. The number of rotatable bonds is 6. The second kappa shape index (κ2) is 15.3. The van der Waals surface area contributed by atoms with Gasteiger partial charge in [0.2, 0.25) is 5.89 Å². The highest BCUT2D eigenvalue weighted by Crippen LogP contribution is 2.63. The molecule has 0 amide bonds. The van der Waals surface area contributed by atoms with Crippen molar-refractivity contribution < 1.29 is 4.42 Å². The average molecular weight is 903 g/mol. The molecule has 0 atom stereocenters. The maximum Gasteiger partial charge on any atom is 0.227 e. The van der Waals surface area contributed by atoms with Gasteiger partial charge >= 0.3 is 0 Å². The predicted octanol–water partition coefficient (Wildman–Crippen LogP) is 17.6. The molecule has 2 aromatic heterocycles. The standard InChI is InChI=1S/C68H42N2O/c1-3-17-51(49(15-1)43-29-31-45(32-30-43)67-69-63-26-12-14-28-66(63)71-67)52-18-4-2-16-50(52)44-33-37-48(38-34-44)70-64-27-13-8-22-57(64)58-41-46(36-40-65(58)70)47-35-39-56-55-21-7-11-25-61(55)68(62(56)42-47)59-23-9-5-19-53(59)54-20-6-10-24-60(54)68/h1-42H. The number of hydrogen-bond donors (Lipinski definition) is 0. The van der Waals surface area contributed by atoms with E-state index in [1.54, 1.807) is 0 Å². The zero-order chi connectivity index (χ0) is 46.6. The van der Waals surface area contributed by atoms with Crippen LogP contribution in [-0.4, -0.2) is 9.55 Å². The minimum atomic E-state index is -0.382. The quantitative estimate of drug-likeness (QED) is 0.166. The van der Waals surface area contributed by atoms with E-state index < -0.39 is 0 Å². The predicted molar refractivity (Wildman–Crippen MR) is 292 cm³/mol. The molecule has 13 aromatic rings. The van der Waals surface area contributed by atoms with Crippen LogP contribution in [0.4, 0.5) is 0 Å². The van der Waals surface area contributed by atoms with E-state index in [0.29, 0.717) is 5.89 Å². The fourth-order valence-corrected chi connectivity index (χ4v) is 12.2. The lowest BCUT2D eigenvalue weighted by Gasteiger charge is -2.30. The van der Waals surface area contributed by atoms with Gasteiger partial charge in [-0.25, -0.2) is 4.98 Å². The molecule has 0 unspecified atom stereocenters. The molecule has 15 rings (SSSR count). The lowest BCUT2D eigenvalue weighted by atomic mass is 9.70. The van der Waals surface area contributed by atoms with Crippen LogP contribution in [0.5, 0.6) is 0 Å². The van der Waals surface area contributed by atoms with Gasteiger partial charge in [0.15, 0.2) is 5.58 Å². The Hall–Kier alpha value is -9.31. The van der Waals surface area contributed by atoms with Crippen LogP contribution in [0.2, 0.25) is 0 Å². The summed E-state index contributed by atoms with van der Waals surface area (Å²) < 4.78 is 8.51. The Morgan fingerprint density at radius 1 is 0.310 bits per heavy atom. The summed E-state index contributed by atoms with van der Waals surface area (Å²) in [4.78, 5) is 4.73. The van der Waals surface area contributed by atoms with Gasteiger partial charge in [-0.1, -0.05) is 194 Å². The number of para-hydroxylation sites is 3. The number of hydrogen-bond acceptors (Lipinski definition) is 2. The molecule has 3 heteroatoms. The van der Waals surface area contributed by atoms with Crippen LogP contribution in [0, 0.1) is 0 Å². The molecule has 0 N–H and O–H groups in total. The van der Waals surface area contributed by atoms with Crippen molar-refractivity contribution in [1.29, 1.82) is 0 Å². The van der Waals surface area contributed by atoms with Gasteiger partial charge in [0.05, 0.1) is 16.4 Å². The summed E-state index contributed by atoms with van der Waals surface area (Å²) in [7, 11) is 0. The topological polar surface area (TPSA) is 31.0 Å². The summed E-state index contributed by atoms with van der Waals surface area (Å²) in [5, 5.41) is 2.47. The van der Waals surface area contributed by atoms with Gasteiger partial charge in [0.1, 0.15) is 5.52 Å². The SMILES string of the molecule is c1ccc(-c2ccccc2-c2ccc(-n3c4ccccc4c4cc(-c5ccc6c(c5)C5(c7ccccc7-c7ccccc75)c5ccccc5-6)ccc43)cc2)c(-c2ccc(-c3nc4ccccc4o3)cc2)c1. The fraction of sp³-hybridized carbons (Fsp3) is 0.0147. The van der Waals surface area contributed by atoms with E-state index >= 15 is 0 Å². The molecule has 0 fully saturated rings. The van der Waals surface area contributed by atoms with Gasteiger partial charge in [0.25, 0.3) is 0 Å². The van der Waals surface area contributed by atoms with Gasteiger partial charge in [-0.3, -0.25) is 0 Å². The number of aromatic nitrogens is 2. The summed E-state index contributed by atoms with van der Waals surface area (Å²) >= 11 is 0. The van der Waals surface area contributed by atoms with Crippen LogP contribution in [0.3, 0.4) is 0 Å². The molecule has 0 radical (unpaired) electrons. The zero-order valence-electron chi connectivity index (χ0n) is 38.6. The maximum atomic E-state index is 6.09. The molecule has 0 saturated carbocycles. The highest BCUT2D eigenvalue weighted by Gasteiger charge is 2.51. The first-order valence-electron chi connectivity index (χ1n) is 24.4. The van der Waals surface area contributed by atoms with Crippen molar-refractivity contribution in [2.24, 2.45) is 0 Å². The monoisotopic (exact) mass is 902 g/mol. The van der Waals surface area contributed by atoms with E-state index in [4.69, 9.17) is 9.40 Å². The molecule has 2 heterocycles. The molecule has 71 heavy (non-hydrogen) atoms. The van der Waals surface area contributed by atoms with Crippen LogP contribution in [0.25, 0.3) is 117 Å². The van der Waals surface area contributed by atoms with Crippen LogP contribution < -0.4 is 0 Å². The Morgan fingerprint density at radius 3 is 1.39 bits per heavy atom. The Morgan fingerprint density at radius 2 is 0.761 bits per heavy atom. The van der Waals surface area contributed by atoms with Crippen molar-refractivity contribution in [2.75, 3.05) is 0 Å². The minimum absolute atomic E-state index is 0.382. The van der Waals surface area contributed by atoms with Crippen molar-refractivity contribution >= 4 is 32.9 Å². The van der Waals surface area contributed by atoms with E-state index in [9.17, 15) is 0 Å². The van der Waals surface area contributed by atoms with Gasteiger partial charge in [-0.15, -0.1) is 0 Å². The molecular formula is C68H42N2O. The summed E-state index contributed by atoms with van der Waals surface area (Å²) in [6.45, 7) is 0. The molecule has 1 spiro atoms. The largest absolute Gasteiger partial charge is 0.436 e. The summed E-state index contributed by atoms with van der Waals surface area (Å²) in [6.07, 6.45) is 0. The van der Waals surface area contributed by atoms with E-state index in [1.807, 2.05) is 24.3 Å². The van der Waals surface area contributed by atoms with E-state index in [1.165, 1.54) is 99.7 Å². The first-order valence-corrected chi connectivity index (χ1v) is 24.4. The molecule has 330 valence electrons. The van der Waals surface area contributed by atoms with Crippen LogP contribution in [0.1, 0.15) is 22.3 Å². The highest BCUT2D eigenvalue weighted by molar-refractivity contribution is 6.11. The third-order valence-corrected chi connectivity index (χ3v) is 15.3. The zero-order valence-corrected chi connectivity index (χ0v) is 38.6. The normalized spacial score (nSPS) is 12.9. The number of nitrogens with zero attached hydrogens (tertiary/aromatic N) is 2. The summed E-state index contributed by atoms with van der Waals surface area (Å²) in [5.74, 6) is 0.628. The number of fused-ring (bicyclic) bond motifs is 14. The molecule has 2 aliphatic rings. The van der Waals surface area contributed by atoms with Crippen molar-refractivity contribution in [2.45, 2.75) is 5.41 Å². The van der Waals surface area contributed by atoms with Crippen molar-refractivity contribution in [1.82, 2.24) is 9.55 Å². The minimum Gasteiger partial charge on any atom is -0.436 e. The fourth-order valence-electron chi connectivity index (χ4n) is 12.2. The Bertz CT molecular complexity index is 4190. The van der Waals surface area contributed by atoms with E-state index in [-0.39, 0.29) is 5.41 Å². The van der Waals surface area contributed by atoms with Gasteiger partial charge in [0, 0.05) is 22.0 Å². The van der Waals surface area contributed by atoms with Gasteiger partial charge < -0.3 is 8.98 Å². The second-order valence-corrected chi connectivity index (χ2v) is 18.9. The average Bonchev–Trinajstić information content (AvgIpc) is 4.20. The smallest absolute Gasteiger partial charge is 0.227 e. The first-order chi connectivity index (χ1) is 35.2. The van der Waals surface area contributed by atoms with E-state index in [2.05, 4.69) is 235 Å². The Balaban J connectivity index is 0.796. The Labute approximate surface area is 411 Å². The molecule has 0 saturated heterocycles. The van der Waals surface area contributed by atoms with Crippen molar-refractivity contribution in [3.05, 3.63) is 277 Å². The molecule has 2 aliphatic carbocycles. The number of oxazole rings is 1. The lowest BCUT2D eigenvalue weighted by Crippen LogP contribution is -2.25. The summed E-state index contributed by atoms with van der Waals surface area (Å²) in [6, 6.07) is 93.2. The summed E-state index contributed by atoms with van der Waals surface area (Å²) in [5.41, 5.74) is 25.9. The first kappa shape index (κ1) is 39.7. The van der Waals surface area contributed by atoms with Crippen molar-refractivity contribution in [3.8, 4) is 83.9 Å². The van der Waals surface area contributed by atoms with Crippen LogP contribution in [0.15, 0.2) is 259 Å². The van der Waals surface area contributed by atoms with E-state index in [0.717, 1.165) is 33.5 Å². The molecule has 0 bridgehead atoms. The van der Waals surface area contributed by atoms with Crippen LogP contribution in [-0.2, 0) is 5.41 Å². The van der Waals surface area contributed by atoms with Gasteiger partial charge in [-0.2, -0.15) is 0 Å². The highest BCUT2D eigenvalue weighted by atomic mass is 16.3. The number of benzene rings is 11. The molecule has 3 nitrogen and oxygen atoms in total.